The van der Waals surface area contributed by atoms with Gasteiger partial charge in [-0.05, 0) is 37.1 Å². The van der Waals surface area contributed by atoms with Crippen LogP contribution >= 0.6 is 0 Å². The SMILES string of the molecule is COc1ccc(-c2cc(N)nc(C3CC3)n2)cc1. The maximum atomic E-state index is 5.84. The highest BCUT2D eigenvalue weighted by molar-refractivity contribution is 5.62. The minimum atomic E-state index is 0.505. The Bertz CT molecular complexity index is 562. The van der Waals surface area contributed by atoms with Crippen LogP contribution in [-0.2, 0) is 0 Å². The Hall–Kier alpha value is -2.10. The number of anilines is 1. The van der Waals surface area contributed by atoms with Crippen molar-refractivity contribution in [3.63, 3.8) is 0 Å². The minimum absolute atomic E-state index is 0.505. The van der Waals surface area contributed by atoms with Crippen molar-refractivity contribution >= 4 is 5.82 Å². The van der Waals surface area contributed by atoms with Crippen LogP contribution in [0, 0.1) is 0 Å². The van der Waals surface area contributed by atoms with Gasteiger partial charge in [0.15, 0.2) is 0 Å². The van der Waals surface area contributed by atoms with Gasteiger partial charge in [0.2, 0.25) is 0 Å². The van der Waals surface area contributed by atoms with Crippen molar-refractivity contribution < 1.29 is 4.74 Å². The van der Waals surface area contributed by atoms with Gasteiger partial charge in [-0.1, -0.05) is 0 Å². The molecule has 0 atom stereocenters. The highest BCUT2D eigenvalue weighted by atomic mass is 16.5. The third-order valence-electron chi connectivity index (χ3n) is 3.09. The first-order chi connectivity index (χ1) is 8.76. The molecule has 0 saturated heterocycles. The number of ether oxygens (including phenoxy) is 1. The number of aromatic nitrogens is 2. The zero-order valence-corrected chi connectivity index (χ0v) is 10.3. The lowest BCUT2D eigenvalue weighted by Gasteiger charge is -2.06. The summed E-state index contributed by atoms with van der Waals surface area (Å²) < 4.78 is 5.14. The van der Waals surface area contributed by atoms with Gasteiger partial charge >= 0.3 is 0 Å². The Morgan fingerprint density at radius 1 is 1.17 bits per heavy atom. The molecule has 4 heteroatoms. The van der Waals surface area contributed by atoms with E-state index in [0.29, 0.717) is 11.7 Å². The van der Waals surface area contributed by atoms with Gasteiger partial charge in [-0.15, -0.1) is 0 Å². The number of nitrogens with two attached hydrogens (primary N) is 1. The topological polar surface area (TPSA) is 61.0 Å². The average Bonchev–Trinajstić information content (AvgIpc) is 3.22. The van der Waals surface area contributed by atoms with E-state index in [2.05, 4.69) is 9.97 Å². The molecule has 1 saturated carbocycles. The van der Waals surface area contributed by atoms with Gasteiger partial charge in [0.05, 0.1) is 12.8 Å². The highest BCUT2D eigenvalue weighted by Gasteiger charge is 2.27. The lowest BCUT2D eigenvalue weighted by atomic mass is 10.1. The maximum absolute atomic E-state index is 5.84. The molecule has 2 N–H and O–H groups in total. The molecule has 1 fully saturated rings. The smallest absolute Gasteiger partial charge is 0.134 e. The second kappa shape index (κ2) is 4.29. The normalized spacial score (nSPS) is 14.5. The fourth-order valence-electron chi connectivity index (χ4n) is 1.92. The maximum Gasteiger partial charge on any atom is 0.134 e. The van der Waals surface area contributed by atoms with Gasteiger partial charge in [-0.25, -0.2) is 9.97 Å². The van der Waals surface area contributed by atoms with Crippen molar-refractivity contribution in [1.82, 2.24) is 9.97 Å². The molecule has 1 aliphatic rings. The van der Waals surface area contributed by atoms with E-state index in [4.69, 9.17) is 10.5 Å². The van der Waals surface area contributed by atoms with E-state index in [9.17, 15) is 0 Å². The van der Waals surface area contributed by atoms with Gasteiger partial charge in [0.1, 0.15) is 17.4 Å². The monoisotopic (exact) mass is 241 g/mol. The van der Waals surface area contributed by atoms with E-state index in [-0.39, 0.29) is 0 Å². The molecule has 18 heavy (non-hydrogen) atoms. The molecule has 0 bridgehead atoms. The molecule has 4 nitrogen and oxygen atoms in total. The number of methoxy groups -OCH3 is 1. The van der Waals surface area contributed by atoms with E-state index < -0.39 is 0 Å². The van der Waals surface area contributed by atoms with Crippen LogP contribution in [0.15, 0.2) is 30.3 Å². The van der Waals surface area contributed by atoms with E-state index in [1.807, 2.05) is 30.3 Å². The quantitative estimate of drug-likeness (QED) is 0.897. The van der Waals surface area contributed by atoms with Crippen molar-refractivity contribution in [1.29, 1.82) is 0 Å². The van der Waals surface area contributed by atoms with Crippen LogP contribution in [0.1, 0.15) is 24.6 Å². The molecular formula is C14H15N3O. The molecule has 1 aromatic heterocycles. The average molecular weight is 241 g/mol. The summed E-state index contributed by atoms with van der Waals surface area (Å²) in [4.78, 5) is 8.89. The molecule has 1 aromatic carbocycles. The van der Waals surface area contributed by atoms with Crippen LogP contribution in [0.3, 0.4) is 0 Å². The number of nitrogens with zero attached hydrogens (tertiary/aromatic N) is 2. The Labute approximate surface area is 106 Å². The van der Waals surface area contributed by atoms with E-state index >= 15 is 0 Å². The molecule has 0 radical (unpaired) electrons. The highest BCUT2D eigenvalue weighted by Crippen LogP contribution is 2.39. The summed E-state index contributed by atoms with van der Waals surface area (Å²) in [6, 6.07) is 9.62. The molecule has 0 amide bonds. The molecular weight excluding hydrogens is 226 g/mol. The first kappa shape index (κ1) is 11.0. The van der Waals surface area contributed by atoms with E-state index in [1.165, 1.54) is 12.8 Å². The summed E-state index contributed by atoms with van der Waals surface area (Å²) in [5.74, 6) is 2.76. The number of nitrogen functional groups attached to an aromatic ring is 1. The Morgan fingerprint density at radius 2 is 1.89 bits per heavy atom. The summed E-state index contributed by atoms with van der Waals surface area (Å²) in [6.07, 6.45) is 2.34. The molecule has 1 heterocycles. The lowest BCUT2D eigenvalue weighted by Crippen LogP contribution is -2.00. The van der Waals surface area contributed by atoms with Gasteiger partial charge in [0.25, 0.3) is 0 Å². The molecule has 92 valence electrons. The van der Waals surface area contributed by atoms with Crippen LogP contribution in [0.5, 0.6) is 5.75 Å². The molecule has 2 aromatic rings. The Balaban J connectivity index is 1.98. The fraction of sp³-hybridized carbons (Fsp3) is 0.286. The van der Waals surface area contributed by atoms with E-state index in [0.717, 1.165) is 22.8 Å². The molecule has 1 aliphatic carbocycles. The Morgan fingerprint density at radius 3 is 2.50 bits per heavy atom. The molecule has 3 rings (SSSR count). The van der Waals surface area contributed by atoms with Crippen molar-refractivity contribution in [2.24, 2.45) is 0 Å². The van der Waals surface area contributed by atoms with Crippen molar-refractivity contribution in [2.75, 3.05) is 12.8 Å². The summed E-state index contributed by atoms with van der Waals surface area (Å²) in [6.45, 7) is 0. The summed E-state index contributed by atoms with van der Waals surface area (Å²) in [7, 11) is 1.66. The van der Waals surface area contributed by atoms with Crippen LogP contribution in [0.4, 0.5) is 5.82 Å². The third kappa shape index (κ3) is 2.14. The van der Waals surface area contributed by atoms with Crippen LogP contribution in [-0.4, -0.2) is 17.1 Å². The van der Waals surface area contributed by atoms with Crippen LogP contribution < -0.4 is 10.5 Å². The van der Waals surface area contributed by atoms with Gasteiger partial charge in [-0.2, -0.15) is 0 Å². The first-order valence-corrected chi connectivity index (χ1v) is 6.05. The fourth-order valence-corrected chi connectivity index (χ4v) is 1.92. The Kier molecular flexibility index (Phi) is 2.63. The van der Waals surface area contributed by atoms with Gasteiger partial charge in [-0.3, -0.25) is 0 Å². The number of hydrogen-bond donors (Lipinski definition) is 1. The van der Waals surface area contributed by atoms with Crippen molar-refractivity contribution in [3.05, 3.63) is 36.2 Å². The molecule has 0 spiro atoms. The standard InChI is InChI=1S/C14H15N3O/c1-18-11-6-4-9(5-7-11)12-8-13(15)17-14(16-12)10-2-3-10/h4-8,10H,2-3H2,1H3,(H2,15,16,17). The largest absolute Gasteiger partial charge is 0.497 e. The van der Waals surface area contributed by atoms with E-state index in [1.54, 1.807) is 7.11 Å². The molecule has 0 aliphatic heterocycles. The summed E-state index contributed by atoms with van der Waals surface area (Å²) in [5, 5.41) is 0. The first-order valence-electron chi connectivity index (χ1n) is 6.05. The second-order valence-corrected chi connectivity index (χ2v) is 4.54. The minimum Gasteiger partial charge on any atom is -0.497 e. The van der Waals surface area contributed by atoms with Crippen molar-refractivity contribution in [3.8, 4) is 17.0 Å². The van der Waals surface area contributed by atoms with Crippen LogP contribution in [0.2, 0.25) is 0 Å². The summed E-state index contributed by atoms with van der Waals surface area (Å²) >= 11 is 0. The van der Waals surface area contributed by atoms with Crippen LogP contribution in [0.25, 0.3) is 11.3 Å². The lowest BCUT2D eigenvalue weighted by molar-refractivity contribution is 0.415. The molecule has 0 unspecified atom stereocenters. The number of rotatable bonds is 3. The number of hydrogen-bond acceptors (Lipinski definition) is 4. The number of benzene rings is 1. The second-order valence-electron chi connectivity index (χ2n) is 4.54. The third-order valence-corrected chi connectivity index (χ3v) is 3.09. The predicted molar refractivity (Wildman–Crippen MR) is 70.4 cm³/mol. The predicted octanol–water partition coefficient (Wildman–Crippen LogP) is 2.61. The van der Waals surface area contributed by atoms with Gasteiger partial charge in [0, 0.05) is 17.5 Å². The zero-order valence-electron chi connectivity index (χ0n) is 10.3. The zero-order chi connectivity index (χ0) is 12.5. The summed E-state index contributed by atoms with van der Waals surface area (Å²) in [5.41, 5.74) is 7.76. The van der Waals surface area contributed by atoms with Crippen molar-refractivity contribution in [2.45, 2.75) is 18.8 Å². The van der Waals surface area contributed by atoms with Gasteiger partial charge < -0.3 is 10.5 Å².